The van der Waals surface area contributed by atoms with Gasteiger partial charge in [0.15, 0.2) is 0 Å². The summed E-state index contributed by atoms with van der Waals surface area (Å²) in [4.78, 5) is 0. The number of alkyl halides is 1. The van der Waals surface area contributed by atoms with E-state index in [1.807, 2.05) is 0 Å². The highest BCUT2D eigenvalue weighted by atomic mass is 35.5. The van der Waals surface area contributed by atoms with Crippen molar-refractivity contribution >= 4 is 11.6 Å². The van der Waals surface area contributed by atoms with Gasteiger partial charge in [0.1, 0.15) is 0 Å². The van der Waals surface area contributed by atoms with Gasteiger partial charge in [0.05, 0.1) is 0 Å². The molecule has 0 heterocycles. The van der Waals surface area contributed by atoms with E-state index in [1.165, 1.54) is 0 Å². The van der Waals surface area contributed by atoms with Crippen molar-refractivity contribution in [1.29, 1.82) is 0 Å². The summed E-state index contributed by atoms with van der Waals surface area (Å²) < 4.78 is 0. The molecule has 1 unspecified atom stereocenters. The first-order chi connectivity index (χ1) is 3.81. The lowest BCUT2D eigenvalue weighted by Gasteiger charge is -2.08. The zero-order chi connectivity index (χ0) is 6.41. The van der Waals surface area contributed by atoms with Crippen LogP contribution in [0.25, 0.3) is 0 Å². The van der Waals surface area contributed by atoms with E-state index in [0.29, 0.717) is 6.04 Å². The smallest absolute Gasteiger partial charge is 0.0238 e. The summed E-state index contributed by atoms with van der Waals surface area (Å²) in [5, 5.41) is 3.26. The minimum absolute atomic E-state index is 0.581. The van der Waals surface area contributed by atoms with E-state index >= 15 is 0 Å². The zero-order valence-electron chi connectivity index (χ0n) is 5.58. The van der Waals surface area contributed by atoms with Gasteiger partial charge in [-0.05, 0) is 19.9 Å². The van der Waals surface area contributed by atoms with Crippen LogP contribution in [0, 0.1) is 0 Å². The van der Waals surface area contributed by atoms with Crippen LogP contribution >= 0.6 is 11.6 Å². The summed E-state index contributed by atoms with van der Waals surface area (Å²) in [7, 11) is 0. The Morgan fingerprint density at radius 2 is 2.25 bits per heavy atom. The van der Waals surface area contributed by atoms with Crippen molar-refractivity contribution in [1.82, 2.24) is 5.32 Å². The molecule has 0 aliphatic heterocycles. The largest absolute Gasteiger partial charge is 0.314 e. The Morgan fingerprint density at radius 1 is 1.62 bits per heavy atom. The first-order valence-electron chi connectivity index (χ1n) is 3.10. The second kappa shape index (κ2) is 5.39. The molecule has 0 bridgehead atoms. The maximum Gasteiger partial charge on any atom is 0.0238 e. The van der Waals surface area contributed by atoms with Crippen molar-refractivity contribution in [3.8, 4) is 0 Å². The van der Waals surface area contributed by atoms with E-state index in [-0.39, 0.29) is 0 Å². The fourth-order valence-electron chi connectivity index (χ4n) is 0.614. The van der Waals surface area contributed by atoms with Crippen LogP contribution in [0.1, 0.15) is 20.3 Å². The summed E-state index contributed by atoms with van der Waals surface area (Å²) in [5.74, 6) is 0.758. The van der Waals surface area contributed by atoms with E-state index in [2.05, 4.69) is 19.2 Å². The van der Waals surface area contributed by atoms with Crippen molar-refractivity contribution in [2.45, 2.75) is 26.3 Å². The topological polar surface area (TPSA) is 12.0 Å². The van der Waals surface area contributed by atoms with Gasteiger partial charge in [-0.15, -0.1) is 11.6 Å². The predicted octanol–water partition coefficient (Wildman–Crippen LogP) is 1.61. The summed E-state index contributed by atoms with van der Waals surface area (Å²) >= 11 is 5.49. The van der Waals surface area contributed by atoms with Gasteiger partial charge in [-0.25, -0.2) is 0 Å². The van der Waals surface area contributed by atoms with Crippen LogP contribution in [-0.2, 0) is 0 Å². The van der Waals surface area contributed by atoms with Gasteiger partial charge in [-0.3, -0.25) is 0 Å². The molecule has 0 rings (SSSR count). The molecule has 2 heteroatoms. The first-order valence-corrected chi connectivity index (χ1v) is 3.64. The van der Waals surface area contributed by atoms with Gasteiger partial charge < -0.3 is 5.32 Å². The molecule has 0 aromatic carbocycles. The summed E-state index contributed by atoms with van der Waals surface area (Å²) in [6, 6.07) is 0.581. The molecule has 0 aliphatic carbocycles. The Hall–Kier alpha value is 0.250. The molecule has 50 valence electrons. The van der Waals surface area contributed by atoms with Crippen molar-refractivity contribution in [2.75, 3.05) is 12.4 Å². The molecule has 1 nitrogen and oxygen atoms in total. The molecule has 1 atom stereocenters. The fraction of sp³-hybridized carbons (Fsp3) is 1.00. The Kier molecular flexibility index (Phi) is 5.56. The normalized spacial score (nSPS) is 13.9. The molecule has 0 amide bonds. The van der Waals surface area contributed by atoms with Gasteiger partial charge in [0.25, 0.3) is 0 Å². The molecule has 0 radical (unpaired) electrons. The van der Waals surface area contributed by atoms with E-state index < -0.39 is 0 Å². The highest BCUT2D eigenvalue weighted by Gasteiger charge is 1.94. The van der Waals surface area contributed by atoms with Crippen LogP contribution in [-0.4, -0.2) is 18.5 Å². The molecule has 0 aliphatic rings. The maximum absolute atomic E-state index is 5.49. The first kappa shape index (κ1) is 8.25. The van der Waals surface area contributed by atoms with Gasteiger partial charge in [0.2, 0.25) is 0 Å². The minimum atomic E-state index is 0.581. The van der Waals surface area contributed by atoms with E-state index in [1.54, 1.807) is 0 Å². The third-order valence-corrected chi connectivity index (χ3v) is 1.31. The van der Waals surface area contributed by atoms with E-state index in [9.17, 15) is 0 Å². The lowest BCUT2D eigenvalue weighted by atomic mass is 10.3. The summed E-state index contributed by atoms with van der Waals surface area (Å²) in [6.45, 7) is 5.29. The highest BCUT2D eigenvalue weighted by molar-refractivity contribution is 6.17. The number of nitrogens with one attached hydrogen (secondary N) is 1. The monoisotopic (exact) mass is 135 g/mol. The van der Waals surface area contributed by atoms with Crippen LogP contribution in [0.4, 0.5) is 0 Å². The van der Waals surface area contributed by atoms with Crippen LogP contribution < -0.4 is 5.32 Å². The third kappa shape index (κ3) is 4.41. The Labute approximate surface area is 56.4 Å². The van der Waals surface area contributed by atoms with E-state index in [0.717, 1.165) is 18.8 Å². The number of rotatable bonds is 4. The van der Waals surface area contributed by atoms with Crippen molar-refractivity contribution in [3.05, 3.63) is 0 Å². The molecular formula is C6H14ClN. The quantitative estimate of drug-likeness (QED) is 0.578. The molecule has 0 saturated carbocycles. The third-order valence-electron chi connectivity index (χ3n) is 1.09. The maximum atomic E-state index is 5.49. The molecule has 0 aromatic rings. The SMILES string of the molecule is CCNC(C)CCCl. The van der Waals surface area contributed by atoms with Gasteiger partial charge in [-0.2, -0.15) is 0 Å². The average Bonchev–Trinajstić information content (AvgIpc) is 1.68. The predicted molar refractivity (Wildman–Crippen MR) is 38.5 cm³/mol. The number of halogens is 1. The second-order valence-corrected chi connectivity index (χ2v) is 2.31. The van der Waals surface area contributed by atoms with Crippen LogP contribution in [0.3, 0.4) is 0 Å². The molecule has 0 spiro atoms. The lowest BCUT2D eigenvalue weighted by molar-refractivity contribution is 0.555. The number of hydrogen-bond acceptors (Lipinski definition) is 1. The molecule has 0 fully saturated rings. The van der Waals surface area contributed by atoms with Gasteiger partial charge in [-0.1, -0.05) is 6.92 Å². The van der Waals surface area contributed by atoms with Gasteiger partial charge >= 0.3 is 0 Å². The second-order valence-electron chi connectivity index (χ2n) is 1.94. The highest BCUT2D eigenvalue weighted by Crippen LogP contribution is 1.90. The molecule has 0 saturated heterocycles. The minimum Gasteiger partial charge on any atom is -0.314 e. The Balaban J connectivity index is 2.92. The lowest BCUT2D eigenvalue weighted by Crippen LogP contribution is -2.25. The molecular weight excluding hydrogens is 122 g/mol. The molecule has 8 heavy (non-hydrogen) atoms. The van der Waals surface area contributed by atoms with E-state index in [4.69, 9.17) is 11.6 Å². The summed E-state index contributed by atoms with van der Waals surface area (Å²) in [6.07, 6.45) is 1.06. The van der Waals surface area contributed by atoms with Crippen LogP contribution in [0.5, 0.6) is 0 Å². The Bertz CT molecular complexity index is 41.8. The van der Waals surface area contributed by atoms with Crippen molar-refractivity contribution in [2.24, 2.45) is 0 Å². The Morgan fingerprint density at radius 3 is 2.62 bits per heavy atom. The average molecular weight is 136 g/mol. The standard InChI is InChI=1S/C6H14ClN/c1-3-8-6(2)4-5-7/h6,8H,3-5H2,1-2H3. The molecule has 0 aromatic heterocycles. The summed E-state index contributed by atoms with van der Waals surface area (Å²) in [5.41, 5.74) is 0. The van der Waals surface area contributed by atoms with Crippen LogP contribution in [0.2, 0.25) is 0 Å². The number of hydrogen-bond donors (Lipinski definition) is 1. The van der Waals surface area contributed by atoms with Crippen molar-refractivity contribution < 1.29 is 0 Å². The fourth-order valence-corrected chi connectivity index (χ4v) is 0.942. The van der Waals surface area contributed by atoms with Crippen molar-refractivity contribution in [3.63, 3.8) is 0 Å². The molecule has 1 N–H and O–H groups in total. The van der Waals surface area contributed by atoms with Crippen LogP contribution in [0.15, 0.2) is 0 Å². The zero-order valence-corrected chi connectivity index (χ0v) is 6.33. The van der Waals surface area contributed by atoms with Gasteiger partial charge in [0, 0.05) is 11.9 Å².